The van der Waals surface area contributed by atoms with Gasteiger partial charge in [-0.2, -0.15) is 9.65 Å². The molecule has 0 radical (unpaired) electrons. The largest absolute Gasteiger partial charge is 0.306 e. The first-order valence-corrected chi connectivity index (χ1v) is 5.09. The molecule has 94 valence electrons. The van der Waals surface area contributed by atoms with Gasteiger partial charge in [0.15, 0.2) is 5.82 Å². The van der Waals surface area contributed by atoms with Crippen LogP contribution in [0.2, 0.25) is 0 Å². The molecule has 1 amide bonds. The van der Waals surface area contributed by atoms with E-state index in [0.29, 0.717) is 5.56 Å². The number of halogens is 2. The van der Waals surface area contributed by atoms with Crippen LogP contribution in [0.4, 0.5) is 14.6 Å². The Kier molecular flexibility index (Phi) is 3.43. The van der Waals surface area contributed by atoms with Gasteiger partial charge in [0.25, 0.3) is 5.91 Å². The number of amides is 1. The minimum absolute atomic E-state index is 0.126. The van der Waals surface area contributed by atoms with E-state index in [4.69, 9.17) is 5.26 Å². The fourth-order valence-electron chi connectivity index (χ4n) is 1.31. The molecule has 0 unspecified atom stereocenters. The smallest absolute Gasteiger partial charge is 0.260 e. The maximum atomic E-state index is 13.3. The van der Waals surface area contributed by atoms with Gasteiger partial charge in [0.1, 0.15) is 11.9 Å². The van der Waals surface area contributed by atoms with Crippen LogP contribution in [0.15, 0.2) is 30.6 Å². The van der Waals surface area contributed by atoms with E-state index in [1.165, 1.54) is 18.3 Å². The highest BCUT2D eigenvalue weighted by Gasteiger charge is 2.16. The van der Waals surface area contributed by atoms with Crippen LogP contribution < -0.4 is 5.32 Å². The Balaban J connectivity index is 2.21. The third-order valence-electron chi connectivity index (χ3n) is 2.23. The number of carbonyl (C=O) groups excluding carboxylic acids is 1. The van der Waals surface area contributed by atoms with Crippen LogP contribution in [0.3, 0.4) is 0 Å². The van der Waals surface area contributed by atoms with Gasteiger partial charge >= 0.3 is 0 Å². The molecule has 0 spiro atoms. The third-order valence-corrected chi connectivity index (χ3v) is 2.23. The molecule has 0 fully saturated rings. The molecule has 0 aromatic carbocycles. The first-order valence-electron chi connectivity index (χ1n) is 5.09. The second-order valence-corrected chi connectivity index (χ2v) is 3.46. The Labute approximate surface area is 106 Å². The predicted octanol–water partition coefficient (Wildman–Crippen LogP) is 1.88. The summed E-state index contributed by atoms with van der Waals surface area (Å²) in [6, 6.07) is 5.73. The molecule has 19 heavy (non-hydrogen) atoms. The van der Waals surface area contributed by atoms with Gasteiger partial charge in [-0.25, -0.2) is 14.4 Å². The minimum atomic E-state index is -1.35. The first kappa shape index (κ1) is 12.6. The van der Waals surface area contributed by atoms with Crippen LogP contribution in [0.25, 0.3) is 0 Å². The highest BCUT2D eigenvalue weighted by atomic mass is 19.2. The fraction of sp³-hybridized carbons (Fsp3) is 0. The minimum Gasteiger partial charge on any atom is -0.306 e. The van der Waals surface area contributed by atoms with Crippen molar-refractivity contribution in [3.8, 4) is 6.07 Å². The summed E-state index contributed by atoms with van der Waals surface area (Å²) in [4.78, 5) is 18.6. The number of nitrogens with one attached hydrogen (secondary N) is 1. The highest BCUT2D eigenvalue weighted by molar-refractivity contribution is 6.03. The fourth-order valence-corrected chi connectivity index (χ4v) is 1.31. The monoisotopic (exact) mass is 260 g/mol. The number of carbonyl (C=O) groups is 1. The number of rotatable bonds is 2. The van der Waals surface area contributed by atoms with Crippen molar-refractivity contribution in [1.29, 1.82) is 5.26 Å². The molecule has 0 aliphatic rings. The van der Waals surface area contributed by atoms with E-state index in [1.54, 1.807) is 0 Å². The lowest BCUT2D eigenvalue weighted by molar-refractivity contribution is 0.102. The summed E-state index contributed by atoms with van der Waals surface area (Å²) in [5, 5.41) is 10.9. The molecule has 1 N–H and O–H groups in total. The molecular formula is C12H6F2N4O. The zero-order valence-corrected chi connectivity index (χ0v) is 9.39. The normalized spacial score (nSPS) is 9.74. The lowest BCUT2D eigenvalue weighted by atomic mass is 10.2. The van der Waals surface area contributed by atoms with Crippen LogP contribution in [0.1, 0.15) is 15.9 Å². The molecule has 2 heterocycles. The highest BCUT2D eigenvalue weighted by Crippen LogP contribution is 2.12. The molecule has 5 nitrogen and oxygen atoms in total. The SMILES string of the molecule is N#Cc1ccc(NC(=O)c2ccnc(F)c2F)nc1. The molecule has 2 aromatic heterocycles. The van der Waals surface area contributed by atoms with Crippen molar-refractivity contribution >= 4 is 11.7 Å². The van der Waals surface area contributed by atoms with E-state index in [2.05, 4.69) is 15.3 Å². The average molecular weight is 260 g/mol. The Morgan fingerprint density at radius 3 is 2.68 bits per heavy atom. The molecule has 2 aromatic rings. The Morgan fingerprint density at radius 1 is 1.26 bits per heavy atom. The number of pyridine rings is 2. The van der Waals surface area contributed by atoms with Gasteiger partial charge in [-0.1, -0.05) is 0 Å². The average Bonchev–Trinajstić information content (AvgIpc) is 2.42. The van der Waals surface area contributed by atoms with Gasteiger partial charge in [-0.3, -0.25) is 4.79 Å². The van der Waals surface area contributed by atoms with Crippen LogP contribution in [0.5, 0.6) is 0 Å². The van der Waals surface area contributed by atoms with E-state index in [1.807, 2.05) is 6.07 Å². The lowest BCUT2D eigenvalue weighted by Crippen LogP contribution is -2.15. The van der Waals surface area contributed by atoms with Gasteiger partial charge in [-0.05, 0) is 18.2 Å². The second kappa shape index (κ2) is 5.18. The van der Waals surface area contributed by atoms with Crippen molar-refractivity contribution in [3.63, 3.8) is 0 Å². The third kappa shape index (κ3) is 2.69. The van der Waals surface area contributed by atoms with Gasteiger partial charge in [-0.15, -0.1) is 0 Å². The summed E-state index contributed by atoms with van der Waals surface area (Å²) in [6.07, 6.45) is 2.23. The Morgan fingerprint density at radius 2 is 2.05 bits per heavy atom. The van der Waals surface area contributed by atoms with Crippen LogP contribution in [-0.4, -0.2) is 15.9 Å². The van der Waals surface area contributed by atoms with Crippen LogP contribution >= 0.6 is 0 Å². The summed E-state index contributed by atoms with van der Waals surface area (Å²) in [7, 11) is 0. The summed E-state index contributed by atoms with van der Waals surface area (Å²) < 4.78 is 26.2. The second-order valence-electron chi connectivity index (χ2n) is 3.46. The number of aromatic nitrogens is 2. The maximum Gasteiger partial charge on any atom is 0.260 e. The molecule has 2 rings (SSSR count). The van der Waals surface area contributed by atoms with Crippen molar-refractivity contribution in [2.75, 3.05) is 5.32 Å². The summed E-state index contributed by atoms with van der Waals surface area (Å²) >= 11 is 0. The van der Waals surface area contributed by atoms with Gasteiger partial charge < -0.3 is 5.32 Å². The summed E-state index contributed by atoms with van der Waals surface area (Å²) in [5.41, 5.74) is -0.155. The molecule has 0 aliphatic heterocycles. The summed E-state index contributed by atoms with van der Waals surface area (Å²) in [6.45, 7) is 0. The predicted molar refractivity (Wildman–Crippen MR) is 61.1 cm³/mol. The standard InChI is InChI=1S/C12H6F2N4O/c13-10-8(3-4-16-11(10)14)12(19)18-9-2-1-7(5-15)6-17-9/h1-4,6H,(H,17,18,19). The zero-order chi connectivity index (χ0) is 13.8. The number of anilines is 1. The van der Waals surface area contributed by atoms with E-state index in [9.17, 15) is 13.6 Å². The van der Waals surface area contributed by atoms with Crippen molar-refractivity contribution in [2.45, 2.75) is 0 Å². The van der Waals surface area contributed by atoms with E-state index >= 15 is 0 Å². The zero-order valence-electron chi connectivity index (χ0n) is 9.39. The van der Waals surface area contributed by atoms with Crippen LogP contribution in [0, 0.1) is 23.1 Å². The number of hydrogen-bond acceptors (Lipinski definition) is 4. The molecule has 0 bridgehead atoms. The topological polar surface area (TPSA) is 78.7 Å². The van der Waals surface area contributed by atoms with Gasteiger partial charge in [0, 0.05) is 12.4 Å². The van der Waals surface area contributed by atoms with Crippen molar-refractivity contribution in [3.05, 3.63) is 53.5 Å². The number of nitriles is 1. The van der Waals surface area contributed by atoms with Gasteiger partial charge in [0.2, 0.25) is 5.95 Å². The maximum absolute atomic E-state index is 13.3. The van der Waals surface area contributed by atoms with Crippen molar-refractivity contribution < 1.29 is 13.6 Å². The quantitative estimate of drug-likeness (QED) is 0.836. The molecule has 0 atom stereocenters. The van der Waals surface area contributed by atoms with Crippen molar-refractivity contribution in [1.82, 2.24) is 9.97 Å². The Bertz CT molecular complexity index is 664. The number of nitrogens with zero attached hydrogens (tertiary/aromatic N) is 3. The molecule has 7 heteroatoms. The molecule has 0 aliphatic carbocycles. The molecule has 0 saturated heterocycles. The van der Waals surface area contributed by atoms with E-state index < -0.39 is 23.2 Å². The van der Waals surface area contributed by atoms with Gasteiger partial charge in [0.05, 0.1) is 11.1 Å². The van der Waals surface area contributed by atoms with Crippen LogP contribution in [-0.2, 0) is 0 Å². The Hall–Kier alpha value is -2.88. The summed E-state index contributed by atoms with van der Waals surface area (Å²) in [5.74, 6) is -3.40. The number of hydrogen-bond donors (Lipinski definition) is 1. The van der Waals surface area contributed by atoms with Crippen molar-refractivity contribution in [2.24, 2.45) is 0 Å². The van der Waals surface area contributed by atoms with E-state index in [-0.39, 0.29) is 5.82 Å². The lowest BCUT2D eigenvalue weighted by Gasteiger charge is -2.05. The van der Waals surface area contributed by atoms with E-state index in [0.717, 1.165) is 12.3 Å². The first-order chi connectivity index (χ1) is 9.11. The molecular weight excluding hydrogens is 254 g/mol. The molecule has 0 saturated carbocycles.